The largest absolute Gasteiger partial charge is 0.507 e. The Morgan fingerprint density at radius 3 is 2.46 bits per heavy atom. The average molecular weight is 507 g/mol. The van der Waals surface area contributed by atoms with Gasteiger partial charge in [-0.1, -0.05) is 55.5 Å². The summed E-state index contributed by atoms with van der Waals surface area (Å²) >= 11 is 0. The molecule has 0 aromatic heterocycles. The average Bonchev–Trinajstić information content (AvgIpc) is 3.34. The number of carbonyl (C=O) groups excluding carboxylic acids is 4. The summed E-state index contributed by atoms with van der Waals surface area (Å²) in [6.45, 7) is 3.88. The molecular weight excluding hydrogens is 472 g/mol. The molecule has 2 amide bonds. The summed E-state index contributed by atoms with van der Waals surface area (Å²) in [5, 5.41) is 25.9. The van der Waals surface area contributed by atoms with E-state index in [9.17, 15) is 29.4 Å². The summed E-state index contributed by atoms with van der Waals surface area (Å²) in [5.74, 6) is -1.26. The fourth-order valence-electron chi connectivity index (χ4n) is 6.25. The Balaban J connectivity index is 1.67. The van der Waals surface area contributed by atoms with Gasteiger partial charge in [0, 0.05) is 24.5 Å². The zero-order valence-corrected chi connectivity index (χ0v) is 21.0. The van der Waals surface area contributed by atoms with Crippen molar-refractivity contribution >= 4 is 23.4 Å². The summed E-state index contributed by atoms with van der Waals surface area (Å²) < 4.78 is 0. The molecule has 2 aliphatic heterocycles. The van der Waals surface area contributed by atoms with Crippen LogP contribution in [-0.2, 0) is 19.2 Å². The molecule has 2 bridgehead atoms. The quantitative estimate of drug-likeness (QED) is 0.319. The maximum atomic E-state index is 12.7. The normalized spacial score (nSPS) is 41.8. The van der Waals surface area contributed by atoms with Crippen LogP contribution in [0.5, 0.6) is 0 Å². The highest BCUT2D eigenvalue weighted by molar-refractivity contribution is 6.27. The molecule has 8 atom stereocenters. The van der Waals surface area contributed by atoms with Crippen LogP contribution in [0.1, 0.15) is 26.7 Å². The van der Waals surface area contributed by atoms with Crippen molar-refractivity contribution < 1.29 is 29.4 Å². The van der Waals surface area contributed by atoms with Gasteiger partial charge in [-0.2, -0.15) is 0 Å². The molecule has 37 heavy (non-hydrogen) atoms. The molecular formula is C29H34N2O6. The van der Waals surface area contributed by atoms with Crippen molar-refractivity contribution in [1.82, 2.24) is 10.6 Å². The molecule has 1 saturated carbocycles. The number of amides is 2. The van der Waals surface area contributed by atoms with Crippen molar-refractivity contribution in [3.8, 4) is 0 Å². The topological polar surface area (TPSA) is 133 Å². The molecule has 196 valence electrons. The predicted molar refractivity (Wildman–Crippen MR) is 138 cm³/mol. The van der Waals surface area contributed by atoms with Crippen molar-refractivity contribution in [2.24, 2.45) is 35.5 Å². The number of Topliss-reactive ketones (excluding diaryl/α,β-unsaturated/α-hetero) is 2. The van der Waals surface area contributed by atoms with E-state index in [1.54, 1.807) is 25.2 Å². The van der Waals surface area contributed by atoms with E-state index in [0.717, 1.165) is 6.42 Å². The van der Waals surface area contributed by atoms with Gasteiger partial charge in [-0.3, -0.25) is 19.2 Å². The monoisotopic (exact) mass is 506 g/mol. The first-order valence-electron chi connectivity index (χ1n) is 12.8. The Morgan fingerprint density at radius 1 is 0.973 bits per heavy atom. The van der Waals surface area contributed by atoms with Crippen LogP contribution in [0.2, 0.25) is 0 Å². The van der Waals surface area contributed by atoms with Gasteiger partial charge in [0.25, 0.3) is 5.91 Å². The zero-order chi connectivity index (χ0) is 26.7. The first kappa shape index (κ1) is 26.5. The lowest BCUT2D eigenvalue weighted by Gasteiger charge is -2.34. The number of hydrogen-bond donors (Lipinski definition) is 4. The minimum absolute atomic E-state index is 0.0142. The lowest BCUT2D eigenvalue weighted by molar-refractivity contribution is -0.123. The second-order valence-electron chi connectivity index (χ2n) is 10.3. The molecule has 0 unspecified atom stereocenters. The van der Waals surface area contributed by atoms with E-state index in [0.29, 0.717) is 0 Å². The second kappa shape index (κ2) is 11.3. The highest BCUT2D eigenvalue weighted by Crippen LogP contribution is 2.51. The van der Waals surface area contributed by atoms with E-state index < -0.39 is 35.2 Å². The lowest BCUT2D eigenvalue weighted by Crippen LogP contribution is -2.42. The number of aliphatic hydroxyl groups excluding tert-OH is 2. The van der Waals surface area contributed by atoms with Gasteiger partial charge < -0.3 is 20.8 Å². The number of fused-ring (bicyclic) bond motifs is 5. The van der Waals surface area contributed by atoms with Crippen LogP contribution in [-0.4, -0.2) is 52.3 Å². The van der Waals surface area contributed by atoms with Crippen LogP contribution >= 0.6 is 0 Å². The smallest absolute Gasteiger partial charge is 0.259 e. The third-order valence-electron chi connectivity index (χ3n) is 7.94. The van der Waals surface area contributed by atoms with Crippen molar-refractivity contribution in [2.45, 2.75) is 38.8 Å². The molecule has 8 heteroatoms. The van der Waals surface area contributed by atoms with Crippen LogP contribution in [0.4, 0.5) is 0 Å². The standard InChI is InChI=1S/C29H34N2O6/c1-16-15-21-19-8-4-5-9-22(33)26-28(36)27(31-29(26)37)23(34)13-14-30-24(35)10-6-3-7-18(19)11-12-20(21)25(16)17(2)32/h3-12,16,18-21,23,25,27,33-34H,13-15H2,1-2H3,(H,30,35)(H,31,37)/b7-3+,8-4+,9-5+,10-6+,26-22-/t16-,18+,19+,20-,21-,23+,25+,27+/m1/s1. The molecule has 4 N–H and O–H groups in total. The van der Waals surface area contributed by atoms with Crippen molar-refractivity contribution in [1.29, 1.82) is 0 Å². The van der Waals surface area contributed by atoms with Gasteiger partial charge in [0.15, 0.2) is 5.78 Å². The maximum absolute atomic E-state index is 12.7. The van der Waals surface area contributed by atoms with E-state index in [1.165, 1.54) is 12.2 Å². The number of ketones is 2. The third-order valence-corrected chi connectivity index (χ3v) is 7.94. The van der Waals surface area contributed by atoms with Crippen LogP contribution in [0.25, 0.3) is 0 Å². The fourth-order valence-corrected chi connectivity index (χ4v) is 6.25. The SMILES string of the molecule is CC(=O)[C@H]1[C@@H]2C=C[C@@H]3/C=C/C=C/C(=O)NCC[C@H](O)[C@@H]4NC(=O)/C(=C(O)/C=C/C=C/[C@@H]3[C@H]2C[C@H]1C)C4=O. The molecule has 0 radical (unpaired) electrons. The Hall–Kier alpha value is -3.52. The molecule has 2 aliphatic carbocycles. The molecule has 4 aliphatic rings. The molecule has 4 rings (SSSR count). The Labute approximate surface area is 216 Å². The summed E-state index contributed by atoms with van der Waals surface area (Å²) in [6.07, 6.45) is 17.6. The molecule has 1 saturated heterocycles. The number of hydrogen-bond acceptors (Lipinski definition) is 6. The van der Waals surface area contributed by atoms with Gasteiger partial charge in [-0.15, -0.1) is 0 Å². The fraction of sp³-hybridized carbons (Fsp3) is 0.448. The van der Waals surface area contributed by atoms with E-state index in [-0.39, 0.29) is 60.2 Å². The highest BCUT2D eigenvalue weighted by atomic mass is 16.3. The molecule has 2 heterocycles. The van der Waals surface area contributed by atoms with Gasteiger partial charge in [0.2, 0.25) is 5.91 Å². The number of nitrogens with one attached hydrogen (secondary N) is 2. The van der Waals surface area contributed by atoms with E-state index in [4.69, 9.17) is 0 Å². The van der Waals surface area contributed by atoms with E-state index >= 15 is 0 Å². The van der Waals surface area contributed by atoms with E-state index in [1.807, 2.05) is 18.2 Å². The van der Waals surface area contributed by atoms with Gasteiger partial charge in [0.1, 0.15) is 23.2 Å². The van der Waals surface area contributed by atoms with Crippen molar-refractivity contribution in [3.05, 3.63) is 72.1 Å². The third kappa shape index (κ3) is 5.59. The summed E-state index contributed by atoms with van der Waals surface area (Å²) in [4.78, 5) is 49.6. The number of aliphatic hydroxyl groups is 2. The minimum atomic E-state index is -1.22. The summed E-state index contributed by atoms with van der Waals surface area (Å²) in [6, 6.07) is -1.18. The van der Waals surface area contributed by atoms with Crippen molar-refractivity contribution in [3.63, 3.8) is 0 Å². The number of allylic oxidation sites excluding steroid dienone is 9. The lowest BCUT2D eigenvalue weighted by atomic mass is 9.69. The molecule has 0 spiro atoms. The molecule has 8 nitrogen and oxygen atoms in total. The maximum Gasteiger partial charge on any atom is 0.259 e. The minimum Gasteiger partial charge on any atom is -0.507 e. The summed E-state index contributed by atoms with van der Waals surface area (Å²) in [5.41, 5.74) is -0.394. The van der Waals surface area contributed by atoms with Crippen molar-refractivity contribution in [2.75, 3.05) is 6.54 Å². The summed E-state index contributed by atoms with van der Waals surface area (Å²) in [7, 11) is 0. The van der Waals surface area contributed by atoms with Crippen LogP contribution < -0.4 is 10.6 Å². The number of rotatable bonds is 1. The molecule has 0 aromatic carbocycles. The first-order valence-corrected chi connectivity index (χ1v) is 12.8. The van der Waals surface area contributed by atoms with Gasteiger partial charge in [0.05, 0.1) is 6.10 Å². The Morgan fingerprint density at radius 2 is 1.70 bits per heavy atom. The van der Waals surface area contributed by atoms with Gasteiger partial charge >= 0.3 is 0 Å². The zero-order valence-electron chi connectivity index (χ0n) is 21.0. The molecule has 2 fully saturated rings. The van der Waals surface area contributed by atoms with Gasteiger partial charge in [-0.05, 0) is 49.5 Å². The van der Waals surface area contributed by atoms with Crippen LogP contribution in [0.15, 0.2) is 72.1 Å². The predicted octanol–water partition coefficient (Wildman–Crippen LogP) is 2.25. The van der Waals surface area contributed by atoms with Gasteiger partial charge in [-0.25, -0.2) is 0 Å². The van der Waals surface area contributed by atoms with Crippen LogP contribution in [0, 0.1) is 35.5 Å². The Kier molecular flexibility index (Phi) is 8.07. The Bertz CT molecular complexity index is 1140. The first-order chi connectivity index (χ1) is 17.7. The number of carbonyl (C=O) groups is 4. The molecule has 0 aromatic rings. The second-order valence-corrected chi connectivity index (χ2v) is 10.3. The van der Waals surface area contributed by atoms with E-state index in [2.05, 4.69) is 29.7 Å². The highest BCUT2D eigenvalue weighted by Gasteiger charge is 2.47. The van der Waals surface area contributed by atoms with Crippen LogP contribution in [0.3, 0.4) is 0 Å².